The van der Waals surface area contributed by atoms with Crippen LogP contribution in [-0.4, -0.2) is 35.9 Å². The molecule has 1 unspecified atom stereocenters. The van der Waals surface area contributed by atoms with Crippen LogP contribution in [0.3, 0.4) is 0 Å². The molecule has 0 radical (unpaired) electrons. The Balaban J connectivity index is 2.35. The molecular formula is C5H10N2O2. The van der Waals surface area contributed by atoms with Crippen molar-refractivity contribution in [2.75, 3.05) is 13.6 Å². The Kier molecular flexibility index (Phi) is 1.57. The number of nitrogens with zero attached hydrogens (tertiary/aromatic N) is 1. The molecule has 1 heterocycles. The van der Waals surface area contributed by atoms with E-state index in [2.05, 4.69) is 5.32 Å². The second kappa shape index (κ2) is 2.23. The summed E-state index contributed by atoms with van der Waals surface area (Å²) in [5, 5.41) is 11.3. The zero-order valence-corrected chi connectivity index (χ0v) is 5.29. The van der Waals surface area contributed by atoms with E-state index in [4.69, 9.17) is 5.11 Å². The van der Waals surface area contributed by atoms with Gasteiger partial charge in [0.2, 0.25) is 0 Å². The molecule has 0 spiro atoms. The van der Waals surface area contributed by atoms with Gasteiger partial charge in [0.1, 0.15) is 0 Å². The number of hydrogen-bond acceptors (Lipinski definition) is 2. The van der Waals surface area contributed by atoms with Gasteiger partial charge in [-0.15, -0.1) is 0 Å². The van der Waals surface area contributed by atoms with Gasteiger partial charge in [0.25, 0.3) is 0 Å². The molecule has 1 atom stereocenters. The van der Waals surface area contributed by atoms with E-state index in [1.165, 1.54) is 4.90 Å². The molecule has 0 saturated carbocycles. The van der Waals surface area contributed by atoms with Crippen LogP contribution in [0.1, 0.15) is 6.42 Å². The zero-order valence-electron chi connectivity index (χ0n) is 5.29. The number of likely N-dealkylation sites (tertiary alicyclic amines) is 1. The van der Waals surface area contributed by atoms with E-state index in [9.17, 15) is 4.79 Å². The highest BCUT2D eigenvalue weighted by Gasteiger charge is 2.29. The van der Waals surface area contributed by atoms with Crippen LogP contribution >= 0.6 is 0 Å². The lowest BCUT2D eigenvalue weighted by Gasteiger charge is -2.38. The highest BCUT2D eigenvalue weighted by atomic mass is 16.4. The van der Waals surface area contributed by atoms with Gasteiger partial charge < -0.3 is 10.4 Å². The Morgan fingerprint density at radius 3 is 2.67 bits per heavy atom. The monoisotopic (exact) mass is 130 g/mol. The third kappa shape index (κ3) is 0.977. The van der Waals surface area contributed by atoms with Crippen LogP contribution in [0, 0.1) is 0 Å². The van der Waals surface area contributed by atoms with Crippen molar-refractivity contribution in [3.8, 4) is 0 Å². The molecule has 1 amide bonds. The second-order valence-corrected chi connectivity index (χ2v) is 2.07. The average molecular weight is 130 g/mol. The lowest BCUT2D eigenvalue weighted by Crippen LogP contribution is -2.56. The standard InChI is InChI=1S/C5H10N2O2/c1-6-4-2-3-7(4)5(8)9/h4,6H,2-3H2,1H3,(H,8,9). The molecule has 0 aromatic heterocycles. The summed E-state index contributed by atoms with van der Waals surface area (Å²) in [6.07, 6.45) is 0.158. The van der Waals surface area contributed by atoms with E-state index < -0.39 is 6.09 Å². The summed E-state index contributed by atoms with van der Waals surface area (Å²) in [7, 11) is 1.76. The van der Waals surface area contributed by atoms with Crippen molar-refractivity contribution in [2.24, 2.45) is 0 Å². The fourth-order valence-corrected chi connectivity index (χ4v) is 0.916. The first kappa shape index (κ1) is 6.35. The molecule has 1 aliphatic rings. The minimum absolute atomic E-state index is 0.0579. The van der Waals surface area contributed by atoms with Gasteiger partial charge in [-0.3, -0.25) is 4.90 Å². The SMILES string of the molecule is CNC1CCN1C(=O)O. The van der Waals surface area contributed by atoms with Crippen molar-refractivity contribution in [3.05, 3.63) is 0 Å². The molecule has 1 aliphatic heterocycles. The van der Waals surface area contributed by atoms with Crippen LogP contribution in [0.4, 0.5) is 4.79 Å². The van der Waals surface area contributed by atoms with E-state index in [1.54, 1.807) is 7.05 Å². The zero-order chi connectivity index (χ0) is 6.85. The predicted molar refractivity (Wildman–Crippen MR) is 32.2 cm³/mol. The number of nitrogens with one attached hydrogen (secondary N) is 1. The van der Waals surface area contributed by atoms with E-state index in [-0.39, 0.29) is 6.17 Å². The van der Waals surface area contributed by atoms with Crippen molar-refractivity contribution >= 4 is 6.09 Å². The van der Waals surface area contributed by atoms with Gasteiger partial charge in [-0.05, 0) is 13.5 Å². The van der Waals surface area contributed by atoms with E-state index >= 15 is 0 Å². The Morgan fingerprint density at radius 1 is 1.89 bits per heavy atom. The highest BCUT2D eigenvalue weighted by Crippen LogP contribution is 2.12. The Bertz CT molecular complexity index is 124. The van der Waals surface area contributed by atoms with Crippen molar-refractivity contribution in [1.29, 1.82) is 0 Å². The second-order valence-electron chi connectivity index (χ2n) is 2.07. The maximum Gasteiger partial charge on any atom is 0.408 e. The smallest absolute Gasteiger partial charge is 0.408 e. The van der Waals surface area contributed by atoms with Crippen molar-refractivity contribution in [1.82, 2.24) is 10.2 Å². The Morgan fingerprint density at radius 2 is 2.56 bits per heavy atom. The molecule has 0 aliphatic carbocycles. The lowest BCUT2D eigenvalue weighted by molar-refractivity contribution is 0.0634. The molecule has 4 heteroatoms. The van der Waals surface area contributed by atoms with E-state index in [0.29, 0.717) is 6.54 Å². The van der Waals surface area contributed by atoms with Crippen molar-refractivity contribution < 1.29 is 9.90 Å². The van der Waals surface area contributed by atoms with Gasteiger partial charge in [0.05, 0.1) is 6.17 Å². The van der Waals surface area contributed by atoms with Gasteiger partial charge in [0, 0.05) is 6.54 Å². The fraction of sp³-hybridized carbons (Fsp3) is 0.800. The molecule has 0 bridgehead atoms. The summed E-state index contributed by atoms with van der Waals surface area (Å²) in [5.41, 5.74) is 0. The van der Waals surface area contributed by atoms with Crippen LogP contribution in [-0.2, 0) is 0 Å². The topological polar surface area (TPSA) is 52.6 Å². The predicted octanol–water partition coefficient (Wildman–Crippen LogP) is -0.0844. The quantitative estimate of drug-likeness (QED) is 0.521. The highest BCUT2D eigenvalue weighted by molar-refractivity contribution is 5.66. The summed E-state index contributed by atoms with van der Waals surface area (Å²) in [5.74, 6) is 0. The van der Waals surface area contributed by atoms with Crippen LogP contribution in [0.15, 0.2) is 0 Å². The number of carboxylic acid groups (broad SMARTS) is 1. The molecule has 0 aromatic rings. The van der Waals surface area contributed by atoms with Gasteiger partial charge >= 0.3 is 6.09 Å². The Hall–Kier alpha value is -0.770. The van der Waals surface area contributed by atoms with E-state index in [1.807, 2.05) is 0 Å². The molecule has 1 saturated heterocycles. The summed E-state index contributed by atoms with van der Waals surface area (Å²) in [6, 6.07) is 0. The summed E-state index contributed by atoms with van der Waals surface area (Å²) in [4.78, 5) is 11.6. The maximum absolute atomic E-state index is 10.2. The van der Waals surface area contributed by atoms with Crippen molar-refractivity contribution in [2.45, 2.75) is 12.6 Å². The fourth-order valence-electron chi connectivity index (χ4n) is 0.916. The molecule has 1 rings (SSSR count). The first-order chi connectivity index (χ1) is 4.25. The largest absolute Gasteiger partial charge is 0.465 e. The summed E-state index contributed by atoms with van der Waals surface area (Å²) in [6.45, 7) is 0.668. The van der Waals surface area contributed by atoms with Crippen LogP contribution in [0.25, 0.3) is 0 Å². The van der Waals surface area contributed by atoms with Crippen LogP contribution in [0.5, 0.6) is 0 Å². The third-order valence-electron chi connectivity index (χ3n) is 1.60. The molecule has 4 nitrogen and oxygen atoms in total. The normalized spacial score (nSPS) is 25.4. The summed E-state index contributed by atoms with van der Waals surface area (Å²) >= 11 is 0. The number of rotatable bonds is 1. The number of hydrogen-bond donors (Lipinski definition) is 2. The van der Waals surface area contributed by atoms with Crippen LogP contribution < -0.4 is 5.32 Å². The molecule has 2 N–H and O–H groups in total. The average Bonchev–Trinajstić information content (AvgIpc) is 1.61. The molecule has 1 fully saturated rings. The van der Waals surface area contributed by atoms with E-state index in [0.717, 1.165) is 6.42 Å². The molecule has 52 valence electrons. The summed E-state index contributed by atoms with van der Waals surface area (Å²) < 4.78 is 0. The lowest BCUT2D eigenvalue weighted by atomic mass is 10.2. The minimum atomic E-state index is -0.833. The Labute approximate surface area is 53.5 Å². The molecular weight excluding hydrogens is 120 g/mol. The minimum Gasteiger partial charge on any atom is -0.465 e. The van der Waals surface area contributed by atoms with Gasteiger partial charge in [-0.25, -0.2) is 4.79 Å². The first-order valence-electron chi connectivity index (χ1n) is 2.92. The third-order valence-corrected chi connectivity index (χ3v) is 1.60. The first-order valence-corrected chi connectivity index (χ1v) is 2.92. The van der Waals surface area contributed by atoms with Gasteiger partial charge in [-0.1, -0.05) is 0 Å². The van der Waals surface area contributed by atoms with Gasteiger partial charge in [0.15, 0.2) is 0 Å². The number of amides is 1. The molecule has 0 aromatic carbocycles. The van der Waals surface area contributed by atoms with Gasteiger partial charge in [-0.2, -0.15) is 0 Å². The molecule has 9 heavy (non-hydrogen) atoms. The number of carbonyl (C=O) groups is 1. The van der Waals surface area contributed by atoms with Crippen LogP contribution in [0.2, 0.25) is 0 Å². The maximum atomic E-state index is 10.2. The van der Waals surface area contributed by atoms with Crippen molar-refractivity contribution in [3.63, 3.8) is 0 Å².